The molecule has 2 aliphatic heterocycles. The van der Waals surface area contributed by atoms with Crippen LogP contribution in [0.4, 0.5) is 0 Å². The highest BCUT2D eigenvalue weighted by atomic mass is 32.2. The second-order valence-corrected chi connectivity index (χ2v) is 8.07. The normalized spacial score (nSPS) is 19.0. The largest absolute Gasteiger partial charge is 0.245 e. The zero-order valence-corrected chi connectivity index (χ0v) is 15.1. The molecule has 2 aliphatic rings. The lowest BCUT2D eigenvalue weighted by atomic mass is 9.77. The summed E-state index contributed by atoms with van der Waals surface area (Å²) in [5, 5.41) is 4.82. The Kier molecular flexibility index (Phi) is 2.71. The molecule has 1 aromatic heterocycles. The average molecular weight is 352 g/mol. The molecule has 3 aromatic carbocycles. The third kappa shape index (κ3) is 1.57. The van der Waals surface area contributed by atoms with Gasteiger partial charge in [0.1, 0.15) is 5.54 Å². The summed E-state index contributed by atoms with van der Waals surface area (Å²) in [7, 11) is 0. The van der Waals surface area contributed by atoms with Crippen molar-refractivity contribution in [1.29, 1.82) is 0 Å². The molecule has 1 spiro atoms. The van der Waals surface area contributed by atoms with Crippen molar-refractivity contribution in [2.75, 3.05) is 0 Å². The quantitative estimate of drug-likeness (QED) is 0.360. The Morgan fingerprint density at radius 3 is 2.50 bits per heavy atom. The first kappa shape index (κ1) is 14.4. The van der Waals surface area contributed by atoms with E-state index in [1.54, 1.807) is 0 Å². The molecule has 0 bridgehead atoms. The predicted molar refractivity (Wildman–Crippen MR) is 105 cm³/mol. The summed E-state index contributed by atoms with van der Waals surface area (Å²) in [6, 6.07) is 26.5. The van der Waals surface area contributed by atoms with Gasteiger partial charge in [0.05, 0.1) is 5.69 Å². The monoisotopic (exact) mass is 352 g/mol. The number of fused-ring (bicyclic) bond motifs is 9. The number of aromatic nitrogens is 2. The van der Waals surface area contributed by atoms with E-state index in [9.17, 15) is 0 Å². The molecule has 3 heterocycles. The second-order valence-electron chi connectivity index (χ2n) is 6.98. The van der Waals surface area contributed by atoms with Gasteiger partial charge in [-0.25, -0.2) is 4.68 Å². The summed E-state index contributed by atoms with van der Waals surface area (Å²) >= 11 is 1.87. The maximum Gasteiger partial charge on any atom is 0.141 e. The Morgan fingerprint density at radius 2 is 1.58 bits per heavy atom. The van der Waals surface area contributed by atoms with E-state index in [0.717, 1.165) is 0 Å². The molecule has 0 N–H and O–H groups in total. The van der Waals surface area contributed by atoms with Crippen LogP contribution in [-0.4, -0.2) is 9.78 Å². The Morgan fingerprint density at radius 1 is 0.808 bits per heavy atom. The summed E-state index contributed by atoms with van der Waals surface area (Å²) in [6.07, 6.45) is 1.92. The maximum atomic E-state index is 4.82. The van der Waals surface area contributed by atoms with Crippen LogP contribution in [0, 0.1) is 6.92 Å². The highest BCUT2D eigenvalue weighted by Gasteiger charge is 2.50. The minimum Gasteiger partial charge on any atom is -0.245 e. The molecule has 0 amide bonds. The number of nitrogens with zero attached hydrogens (tertiary/aromatic N) is 2. The van der Waals surface area contributed by atoms with E-state index < -0.39 is 0 Å². The van der Waals surface area contributed by atoms with Crippen molar-refractivity contribution in [2.24, 2.45) is 0 Å². The molecular formula is C23H16N2S. The van der Waals surface area contributed by atoms with E-state index in [2.05, 4.69) is 84.4 Å². The van der Waals surface area contributed by atoms with Gasteiger partial charge in [-0.1, -0.05) is 66.4 Å². The van der Waals surface area contributed by atoms with Gasteiger partial charge in [-0.3, -0.25) is 0 Å². The van der Waals surface area contributed by atoms with Gasteiger partial charge in [-0.2, -0.15) is 5.10 Å². The Balaban J connectivity index is 1.84. The molecule has 0 saturated carbocycles. The van der Waals surface area contributed by atoms with Gasteiger partial charge in [0, 0.05) is 32.7 Å². The lowest BCUT2D eigenvalue weighted by Gasteiger charge is -2.39. The smallest absolute Gasteiger partial charge is 0.141 e. The third-order valence-electron chi connectivity index (χ3n) is 5.58. The molecular weight excluding hydrogens is 336 g/mol. The first-order valence-corrected chi connectivity index (χ1v) is 9.64. The van der Waals surface area contributed by atoms with Crippen LogP contribution in [0.15, 0.2) is 88.8 Å². The molecule has 4 aromatic rings. The minimum atomic E-state index is -0.389. The van der Waals surface area contributed by atoms with Crippen LogP contribution in [0.1, 0.15) is 22.3 Å². The third-order valence-corrected chi connectivity index (χ3v) is 6.71. The fourth-order valence-corrected chi connectivity index (χ4v) is 5.84. The summed E-state index contributed by atoms with van der Waals surface area (Å²) < 4.78 is 2.23. The molecule has 1 atom stereocenters. The first-order chi connectivity index (χ1) is 12.8. The first-order valence-electron chi connectivity index (χ1n) is 8.83. The molecule has 3 heteroatoms. The van der Waals surface area contributed by atoms with Gasteiger partial charge in [0.15, 0.2) is 0 Å². The minimum absolute atomic E-state index is 0.389. The molecule has 2 nitrogen and oxygen atoms in total. The highest BCUT2D eigenvalue weighted by molar-refractivity contribution is 7.99. The van der Waals surface area contributed by atoms with Gasteiger partial charge < -0.3 is 0 Å². The van der Waals surface area contributed by atoms with Gasteiger partial charge in [0.2, 0.25) is 0 Å². The van der Waals surface area contributed by atoms with Crippen LogP contribution in [0.5, 0.6) is 0 Å². The fourth-order valence-electron chi connectivity index (χ4n) is 4.56. The Hall–Kier alpha value is -2.78. The van der Waals surface area contributed by atoms with Crippen LogP contribution in [0.25, 0.3) is 11.3 Å². The van der Waals surface area contributed by atoms with Crippen LogP contribution < -0.4 is 0 Å². The fraction of sp³-hybridized carbons (Fsp3) is 0.0870. The van der Waals surface area contributed by atoms with E-state index in [0.29, 0.717) is 0 Å². The zero-order chi connectivity index (χ0) is 17.3. The molecule has 6 rings (SSSR count). The van der Waals surface area contributed by atoms with Crippen molar-refractivity contribution in [3.8, 4) is 11.3 Å². The highest BCUT2D eigenvalue weighted by Crippen LogP contribution is 2.58. The molecule has 26 heavy (non-hydrogen) atoms. The van der Waals surface area contributed by atoms with E-state index >= 15 is 0 Å². The summed E-state index contributed by atoms with van der Waals surface area (Å²) in [5.74, 6) is 0. The summed E-state index contributed by atoms with van der Waals surface area (Å²) in [4.78, 5) is 2.63. The van der Waals surface area contributed by atoms with E-state index in [1.165, 1.54) is 43.3 Å². The van der Waals surface area contributed by atoms with E-state index in [-0.39, 0.29) is 5.54 Å². The Labute approximate surface area is 156 Å². The number of hydrogen-bond donors (Lipinski definition) is 0. The standard InChI is InChI=1S/C23H16N2S/c1-15-10-11-19-22(14-15)26-21-9-5-4-8-18(21)23(19)17-7-3-2-6-16(17)20-12-13-24-25(20)23/h2-14H,1H3. The van der Waals surface area contributed by atoms with Gasteiger partial charge in [0.25, 0.3) is 0 Å². The van der Waals surface area contributed by atoms with E-state index in [1.807, 2.05) is 18.0 Å². The molecule has 1 unspecified atom stereocenters. The average Bonchev–Trinajstić information content (AvgIpc) is 3.24. The van der Waals surface area contributed by atoms with Crippen LogP contribution >= 0.6 is 11.8 Å². The molecule has 0 fully saturated rings. The second kappa shape index (κ2) is 4.89. The number of aryl methyl sites for hydroxylation is 1. The maximum absolute atomic E-state index is 4.82. The lowest BCUT2D eigenvalue weighted by molar-refractivity contribution is 0.467. The van der Waals surface area contributed by atoms with Gasteiger partial charge in [-0.15, -0.1) is 0 Å². The van der Waals surface area contributed by atoms with Crippen LogP contribution in [0.2, 0.25) is 0 Å². The molecule has 0 saturated heterocycles. The molecule has 124 valence electrons. The van der Waals surface area contributed by atoms with Crippen LogP contribution in [-0.2, 0) is 5.54 Å². The Bertz CT molecular complexity index is 1190. The van der Waals surface area contributed by atoms with Crippen molar-refractivity contribution < 1.29 is 0 Å². The molecule has 0 aliphatic carbocycles. The topological polar surface area (TPSA) is 17.8 Å². The summed E-state index contributed by atoms with van der Waals surface area (Å²) in [6.45, 7) is 2.16. The van der Waals surface area contributed by atoms with Gasteiger partial charge >= 0.3 is 0 Å². The van der Waals surface area contributed by atoms with Crippen molar-refractivity contribution in [1.82, 2.24) is 9.78 Å². The van der Waals surface area contributed by atoms with E-state index in [4.69, 9.17) is 5.10 Å². The van der Waals surface area contributed by atoms with Crippen molar-refractivity contribution in [2.45, 2.75) is 22.3 Å². The van der Waals surface area contributed by atoms with Gasteiger partial charge in [-0.05, 0) is 36.2 Å². The van der Waals surface area contributed by atoms with Crippen molar-refractivity contribution in [3.05, 3.63) is 101 Å². The summed E-state index contributed by atoms with van der Waals surface area (Å²) in [5.41, 5.74) is 7.32. The van der Waals surface area contributed by atoms with Crippen LogP contribution in [0.3, 0.4) is 0 Å². The number of benzene rings is 3. The molecule has 0 radical (unpaired) electrons. The SMILES string of the molecule is Cc1ccc2c(c1)Sc1ccccc1C21c2ccccc2-c2ccnn21. The zero-order valence-electron chi connectivity index (χ0n) is 14.3. The number of rotatable bonds is 0. The number of hydrogen-bond acceptors (Lipinski definition) is 2. The lowest BCUT2D eigenvalue weighted by Crippen LogP contribution is -2.38. The predicted octanol–water partition coefficient (Wildman–Crippen LogP) is 5.48. The van der Waals surface area contributed by atoms with Crippen molar-refractivity contribution in [3.63, 3.8) is 0 Å². The van der Waals surface area contributed by atoms with Crippen molar-refractivity contribution >= 4 is 11.8 Å².